The first-order valence-corrected chi connectivity index (χ1v) is 4.09. The minimum absolute atomic E-state index is 0.418. The first-order valence-electron chi connectivity index (χ1n) is 4.09. The fraction of sp³-hybridized carbons (Fsp3) is 1.00. The van der Waals surface area contributed by atoms with E-state index in [9.17, 15) is 13.2 Å². The van der Waals surface area contributed by atoms with Crippen molar-refractivity contribution < 1.29 is 18.3 Å². The van der Waals surface area contributed by atoms with E-state index in [-0.39, 0.29) is 0 Å². The third-order valence-electron chi connectivity index (χ3n) is 1.34. The maximum absolute atomic E-state index is 11.9. The van der Waals surface area contributed by atoms with Crippen molar-refractivity contribution in [1.82, 2.24) is 5.32 Å². The van der Waals surface area contributed by atoms with E-state index in [1.54, 1.807) is 20.8 Å². The van der Waals surface area contributed by atoms with Crippen LogP contribution in [0.5, 0.6) is 0 Å². The second-order valence-electron chi connectivity index (χ2n) is 4.09. The molecule has 0 heterocycles. The van der Waals surface area contributed by atoms with Gasteiger partial charge in [-0.25, -0.2) is 0 Å². The lowest BCUT2D eigenvalue weighted by molar-refractivity contribution is -0.143. The number of rotatable bonds is 3. The largest absolute Gasteiger partial charge is 0.395 e. The maximum Gasteiger partial charge on any atom is 0.390 e. The molecule has 0 saturated carbocycles. The predicted molar refractivity (Wildman–Crippen MR) is 44.4 cm³/mol. The fourth-order valence-corrected chi connectivity index (χ4v) is 1.05. The quantitative estimate of drug-likeness (QED) is 0.725. The monoisotopic (exact) mass is 199 g/mol. The van der Waals surface area contributed by atoms with Crippen LogP contribution in [-0.4, -0.2) is 29.5 Å². The molecular weight excluding hydrogens is 183 g/mol. The molecule has 0 aliphatic heterocycles. The van der Waals surface area contributed by atoms with Gasteiger partial charge in [0.1, 0.15) is 0 Å². The van der Waals surface area contributed by atoms with E-state index in [0.717, 1.165) is 0 Å². The summed E-state index contributed by atoms with van der Waals surface area (Å²) in [6.07, 6.45) is -5.23. The molecule has 0 bridgehead atoms. The van der Waals surface area contributed by atoms with Gasteiger partial charge >= 0.3 is 6.18 Å². The van der Waals surface area contributed by atoms with Crippen LogP contribution >= 0.6 is 0 Å². The van der Waals surface area contributed by atoms with Gasteiger partial charge < -0.3 is 10.4 Å². The Morgan fingerprint density at radius 1 is 1.23 bits per heavy atom. The zero-order chi connectivity index (χ0) is 10.7. The summed E-state index contributed by atoms with van der Waals surface area (Å²) in [5.74, 6) is 0. The van der Waals surface area contributed by atoms with Crippen molar-refractivity contribution in [3.63, 3.8) is 0 Å². The Bertz CT molecular complexity index is 134. The Balaban J connectivity index is 4.05. The van der Waals surface area contributed by atoms with E-state index >= 15 is 0 Å². The number of aliphatic hydroxyl groups is 1. The van der Waals surface area contributed by atoms with E-state index in [0.29, 0.717) is 0 Å². The zero-order valence-corrected chi connectivity index (χ0v) is 8.07. The molecule has 0 aromatic heterocycles. The Kier molecular flexibility index (Phi) is 4.19. The van der Waals surface area contributed by atoms with Crippen LogP contribution in [0.2, 0.25) is 0 Å². The summed E-state index contributed by atoms with van der Waals surface area (Å²) in [6, 6.07) is -0.917. The number of hydrogen-bond acceptors (Lipinski definition) is 2. The summed E-state index contributed by atoms with van der Waals surface area (Å²) in [4.78, 5) is 0. The molecule has 0 fully saturated rings. The number of nitrogens with one attached hydrogen (secondary N) is 1. The van der Waals surface area contributed by atoms with Gasteiger partial charge in [0.15, 0.2) is 0 Å². The van der Waals surface area contributed by atoms with Crippen molar-refractivity contribution in [3.8, 4) is 0 Å². The molecule has 2 N–H and O–H groups in total. The summed E-state index contributed by atoms with van der Waals surface area (Å²) in [6.45, 7) is 4.76. The van der Waals surface area contributed by atoms with Crippen molar-refractivity contribution in [1.29, 1.82) is 0 Å². The summed E-state index contributed by atoms with van der Waals surface area (Å²) < 4.78 is 35.8. The summed E-state index contributed by atoms with van der Waals surface area (Å²) in [5.41, 5.74) is -0.418. The van der Waals surface area contributed by atoms with Crippen LogP contribution in [0.25, 0.3) is 0 Å². The molecule has 2 nitrogen and oxygen atoms in total. The van der Waals surface area contributed by atoms with Gasteiger partial charge in [-0.05, 0) is 20.8 Å². The van der Waals surface area contributed by atoms with E-state index in [4.69, 9.17) is 5.11 Å². The summed E-state index contributed by atoms with van der Waals surface area (Å²) in [7, 11) is 0. The lowest BCUT2D eigenvalue weighted by Gasteiger charge is -2.27. The Morgan fingerprint density at radius 2 is 1.69 bits per heavy atom. The van der Waals surface area contributed by atoms with E-state index in [1.165, 1.54) is 0 Å². The second kappa shape index (κ2) is 4.28. The van der Waals surface area contributed by atoms with E-state index in [1.807, 2.05) is 0 Å². The molecule has 0 aromatic rings. The number of aliphatic hydroxyl groups excluding tert-OH is 1. The lowest BCUT2D eigenvalue weighted by Crippen LogP contribution is -2.47. The minimum Gasteiger partial charge on any atom is -0.395 e. The van der Waals surface area contributed by atoms with Crippen molar-refractivity contribution in [3.05, 3.63) is 0 Å². The first-order chi connectivity index (χ1) is 5.64. The third kappa shape index (κ3) is 8.05. The molecule has 0 saturated heterocycles. The van der Waals surface area contributed by atoms with Crippen molar-refractivity contribution in [2.45, 2.75) is 44.9 Å². The highest BCUT2D eigenvalue weighted by molar-refractivity contribution is 4.79. The van der Waals surface area contributed by atoms with Crippen LogP contribution in [0, 0.1) is 0 Å². The molecule has 80 valence electrons. The highest BCUT2D eigenvalue weighted by Gasteiger charge is 2.32. The van der Waals surface area contributed by atoms with E-state index < -0.39 is 30.8 Å². The Morgan fingerprint density at radius 3 is 1.92 bits per heavy atom. The molecule has 13 heavy (non-hydrogen) atoms. The summed E-state index contributed by atoms with van der Waals surface area (Å²) in [5, 5.41) is 11.4. The topological polar surface area (TPSA) is 32.3 Å². The van der Waals surface area contributed by atoms with Gasteiger partial charge in [-0.3, -0.25) is 0 Å². The molecular formula is C8H16F3NO. The van der Waals surface area contributed by atoms with Gasteiger partial charge in [-0.2, -0.15) is 13.2 Å². The van der Waals surface area contributed by atoms with Crippen molar-refractivity contribution in [2.75, 3.05) is 6.61 Å². The van der Waals surface area contributed by atoms with Crippen molar-refractivity contribution >= 4 is 0 Å². The van der Waals surface area contributed by atoms with Crippen LogP contribution in [0.4, 0.5) is 13.2 Å². The predicted octanol–water partition coefficient (Wildman–Crippen LogP) is 1.69. The van der Waals surface area contributed by atoms with Gasteiger partial charge in [-0.1, -0.05) is 0 Å². The van der Waals surface area contributed by atoms with Crippen LogP contribution in [0.1, 0.15) is 27.2 Å². The third-order valence-corrected chi connectivity index (χ3v) is 1.34. The normalized spacial score (nSPS) is 15.9. The molecule has 1 atom stereocenters. The molecule has 0 amide bonds. The average Bonchev–Trinajstić information content (AvgIpc) is 1.79. The molecule has 0 spiro atoms. The minimum atomic E-state index is -4.23. The molecule has 0 radical (unpaired) electrons. The smallest absolute Gasteiger partial charge is 0.390 e. The highest BCUT2D eigenvalue weighted by atomic mass is 19.4. The molecule has 0 rings (SSSR count). The average molecular weight is 199 g/mol. The number of alkyl halides is 3. The standard InChI is InChI=1S/C8H16F3NO/c1-7(2,3)12-6(5-13)4-8(9,10)11/h6,12-13H,4-5H2,1-3H3/t6-/m1/s1. The zero-order valence-electron chi connectivity index (χ0n) is 8.07. The number of hydrogen-bond donors (Lipinski definition) is 2. The summed E-state index contributed by atoms with van der Waals surface area (Å²) >= 11 is 0. The molecule has 5 heteroatoms. The Labute approximate surface area is 76.1 Å². The second-order valence-corrected chi connectivity index (χ2v) is 4.09. The maximum atomic E-state index is 11.9. The molecule has 0 aliphatic carbocycles. The molecule has 0 unspecified atom stereocenters. The SMILES string of the molecule is CC(C)(C)N[C@@H](CO)CC(F)(F)F. The van der Waals surface area contributed by atoms with Gasteiger partial charge in [0.05, 0.1) is 13.0 Å². The van der Waals surface area contributed by atoms with Gasteiger partial charge in [0, 0.05) is 11.6 Å². The lowest BCUT2D eigenvalue weighted by atomic mass is 10.1. The van der Waals surface area contributed by atoms with Gasteiger partial charge in [0.25, 0.3) is 0 Å². The van der Waals surface area contributed by atoms with Crippen LogP contribution in [-0.2, 0) is 0 Å². The van der Waals surface area contributed by atoms with Crippen LogP contribution < -0.4 is 5.32 Å². The molecule has 0 aromatic carbocycles. The van der Waals surface area contributed by atoms with E-state index in [2.05, 4.69) is 5.32 Å². The first kappa shape index (κ1) is 12.7. The Hall–Kier alpha value is -0.290. The fourth-order valence-electron chi connectivity index (χ4n) is 1.05. The van der Waals surface area contributed by atoms with Crippen LogP contribution in [0.15, 0.2) is 0 Å². The van der Waals surface area contributed by atoms with Gasteiger partial charge in [0.2, 0.25) is 0 Å². The molecule has 0 aliphatic rings. The van der Waals surface area contributed by atoms with Crippen molar-refractivity contribution in [2.24, 2.45) is 0 Å². The van der Waals surface area contributed by atoms with Crippen LogP contribution in [0.3, 0.4) is 0 Å². The highest BCUT2D eigenvalue weighted by Crippen LogP contribution is 2.22. The number of halogens is 3. The van der Waals surface area contributed by atoms with Gasteiger partial charge in [-0.15, -0.1) is 0 Å².